The van der Waals surface area contributed by atoms with E-state index in [0.29, 0.717) is 5.69 Å². The average molecular weight is 504 g/mol. The standard InChI is InChI=1S/C28H30FN5O3/c1-15(2)30-18-7-6-8-20(14-18)33-24-17(4)26(35)32(5)25(31-22-12-9-16(3)13-21(22)29)23(24)27(36)34(28(33)37)19-10-11-19/h6-9,12-15,19,30-31H,10-11H2,1-5H3. The van der Waals surface area contributed by atoms with Crippen LogP contribution in [0.4, 0.5) is 21.6 Å². The van der Waals surface area contributed by atoms with Crippen molar-refractivity contribution in [2.75, 3.05) is 10.6 Å². The highest BCUT2D eigenvalue weighted by atomic mass is 19.1. The van der Waals surface area contributed by atoms with E-state index in [0.717, 1.165) is 24.1 Å². The number of aryl methyl sites for hydroxylation is 2. The molecule has 0 spiro atoms. The summed E-state index contributed by atoms with van der Waals surface area (Å²) in [5, 5.41) is 6.48. The molecule has 0 saturated heterocycles. The van der Waals surface area contributed by atoms with Crippen molar-refractivity contribution < 1.29 is 4.39 Å². The highest BCUT2D eigenvalue weighted by Gasteiger charge is 2.31. The van der Waals surface area contributed by atoms with E-state index in [4.69, 9.17) is 0 Å². The Morgan fingerprint density at radius 2 is 1.73 bits per heavy atom. The van der Waals surface area contributed by atoms with Crippen LogP contribution in [0.2, 0.25) is 0 Å². The molecule has 9 heteroatoms. The molecule has 0 radical (unpaired) electrons. The lowest BCUT2D eigenvalue weighted by atomic mass is 10.1. The molecule has 37 heavy (non-hydrogen) atoms. The van der Waals surface area contributed by atoms with Gasteiger partial charge in [-0.25, -0.2) is 9.18 Å². The topological polar surface area (TPSA) is 90.1 Å². The molecule has 2 aromatic carbocycles. The van der Waals surface area contributed by atoms with Crippen LogP contribution < -0.4 is 27.4 Å². The molecule has 1 fully saturated rings. The third-order valence-electron chi connectivity index (χ3n) is 6.69. The van der Waals surface area contributed by atoms with Gasteiger partial charge in [-0.2, -0.15) is 0 Å². The van der Waals surface area contributed by atoms with E-state index in [1.165, 1.54) is 26.8 Å². The SMILES string of the molecule is Cc1ccc(Nc2c3c(=O)n(C4CC4)c(=O)n(-c4cccc(NC(C)C)c4)c3c(C)c(=O)n2C)c(F)c1. The van der Waals surface area contributed by atoms with Gasteiger partial charge in [-0.05, 0) is 76.4 Å². The van der Waals surface area contributed by atoms with Crippen molar-refractivity contribution in [1.82, 2.24) is 13.7 Å². The van der Waals surface area contributed by atoms with Crippen molar-refractivity contribution in [2.45, 2.75) is 52.6 Å². The molecule has 1 aliphatic rings. The molecule has 2 heterocycles. The summed E-state index contributed by atoms with van der Waals surface area (Å²) in [5.41, 5.74) is 1.29. The van der Waals surface area contributed by atoms with E-state index < -0.39 is 22.6 Å². The number of aromatic nitrogens is 3. The second-order valence-electron chi connectivity index (χ2n) is 10.0. The minimum absolute atomic E-state index is 0.129. The number of rotatable bonds is 6. The molecule has 2 aromatic heterocycles. The zero-order valence-corrected chi connectivity index (χ0v) is 21.6. The van der Waals surface area contributed by atoms with Crippen molar-refractivity contribution in [3.05, 3.63) is 90.6 Å². The molecule has 0 unspecified atom stereocenters. The summed E-state index contributed by atoms with van der Waals surface area (Å²) in [6.07, 6.45) is 1.44. The maximum absolute atomic E-state index is 14.8. The zero-order valence-electron chi connectivity index (χ0n) is 21.6. The van der Waals surface area contributed by atoms with E-state index in [1.54, 1.807) is 32.0 Å². The summed E-state index contributed by atoms with van der Waals surface area (Å²) in [7, 11) is 1.53. The van der Waals surface area contributed by atoms with E-state index >= 15 is 0 Å². The fourth-order valence-corrected chi connectivity index (χ4v) is 4.77. The van der Waals surface area contributed by atoms with Gasteiger partial charge in [0.2, 0.25) is 0 Å². The van der Waals surface area contributed by atoms with Gasteiger partial charge in [-0.15, -0.1) is 0 Å². The maximum atomic E-state index is 14.8. The molecule has 5 rings (SSSR count). The molecule has 1 saturated carbocycles. The molecule has 0 bridgehead atoms. The summed E-state index contributed by atoms with van der Waals surface area (Å²) in [4.78, 5) is 41.1. The van der Waals surface area contributed by atoms with Gasteiger partial charge in [0.25, 0.3) is 11.1 Å². The van der Waals surface area contributed by atoms with Crippen LogP contribution in [0.1, 0.15) is 43.9 Å². The summed E-state index contributed by atoms with van der Waals surface area (Å²) in [5.74, 6) is -0.373. The molecule has 0 atom stereocenters. The van der Waals surface area contributed by atoms with Gasteiger partial charge in [-0.1, -0.05) is 12.1 Å². The third kappa shape index (κ3) is 4.24. The second kappa shape index (κ2) is 9.06. The van der Waals surface area contributed by atoms with Gasteiger partial charge in [0, 0.05) is 30.4 Å². The van der Waals surface area contributed by atoms with Gasteiger partial charge in [0.15, 0.2) is 0 Å². The van der Waals surface area contributed by atoms with Gasteiger partial charge < -0.3 is 10.6 Å². The van der Waals surface area contributed by atoms with Gasteiger partial charge in [-0.3, -0.25) is 23.3 Å². The molecular formula is C28H30FN5O3. The smallest absolute Gasteiger partial charge is 0.336 e. The summed E-state index contributed by atoms with van der Waals surface area (Å²) < 4.78 is 18.8. The number of anilines is 3. The lowest BCUT2D eigenvalue weighted by Gasteiger charge is -2.21. The van der Waals surface area contributed by atoms with Crippen LogP contribution in [0.3, 0.4) is 0 Å². The van der Waals surface area contributed by atoms with Crippen LogP contribution in [-0.4, -0.2) is 19.7 Å². The number of pyridine rings is 1. The predicted octanol–water partition coefficient (Wildman–Crippen LogP) is 4.51. The van der Waals surface area contributed by atoms with E-state index in [1.807, 2.05) is 32.0 Å². The van der Waals surface area contributed by atoms with Crippen molar-refractivity contribution in [3.63, 3.8) is 0 Å². The monoisotopic (exact) mass is 503 g/mol. The number of hydrogen-bond donors (Lipinski definition) is 2. The second-order valence-corrected chi connectivity index (χ2v) is 10.0. The molecular weight excluding hydrogens is 473 g/mol. The minimum Gasteiger partial charge on any atom is -0.383 e. The Morgan fingerprint density at radius 1 is 1.00 bits per heavy atom. The summed E-state index contributed by atoms with van der Waals surface area (Å²) in [6.45, 7) is 7.40. The van der Waals surface area contributed by atoms with Crippen molar-refractivity contribution in [3.8, 4) is 5.69 Å². The molecule has 0 amide bonds. The lowest BCUT2D eigenvalue weighted by molar-refractivity contribution is 0.630. The number of nitrogens with one attached hydrogen (secondary N) is 2. The van der Waals surface area contributed by atoms with E-state index in [9.17, 15) is 18.8 Å². The highest BCUT2D eigenvalue weighted by Crippen LogP contribution is 2.34. The largest absolute Gasteiger partial charge is 0.383 e. The van der Waals surface area contributed by atoms with Crippen LogP contribution >= 0.6 is 0 Å². The number of nitrogens with zero attached hydrogens (tertiary/aromatic N) is 3. The lowest BCUT2D eigenvalue weighted by Crippen LogP contribution is -2.41. The van der Waals surface area contributed by atoms with Gasteiger partial charge in [0.05, 0.1) is 16.9 Å². The Hall–Kier alpha value is -4.14. The van der Waals surface area contributed by atoms with E-state index in [2.05, 4.69) is 10.6 Å². The van der Waals surface area contributed by atoms with Crippen LogP contribution in [0.15, 0.2) is 56.8 Å². The number of fused-ring (bicyclic) bond motifs is 1. The first kappa shape index (κ1) is 24.5. The molecule has 1 aliphatic carbocycles. The third-order valence-corrected chi connectivity index (χ3v) is 6.69. The molecule has 0 aliphatic heterocycles. The fraction of sp³-hybridized carbons (Fsp3) is 0.321. The quantitative estimate of drug-likeness (QED) is 0.404. The summed E-state index contributed by atoms with van der Waals surface area (Å²) >= 11 is 0. The van der Waals surface area contributed by atoms with Crippen LogP contribution in [-0.2, 0) is 7.05 Å². The average Bonchev–Trinajstić information content (AvgIpc) is 3.67. The Kier molecular flexibility index (Phi) is 6.01. The first-order valence-electron chi connectivity index (χ1n) is 12.4. The summed E-state index contributed by atoms with van der Waals surface area (Å²) in [6, 6.07) is 12.0. The van der Waals surface area contributed by atoms with Crippen molar-refractivity contribution in [1.29, 1.82) is 0 Å². The molecule has 8 nitrogen and oxygen atoms in total. The Morgan fingerprint density at radius 3 is 2.38 bits per heavy atom. The molecule has 4 aromatic rings. The Labute approximate surface area is 213 Å². The Balaban J connectivity index is 1.90. The van der Waals surface area contributed by atoms with E-state index in [-0.39, 0.29) is 40.1 Å². The number of hydrogen-bond acceptors (Lipinski definition) is 5. The minimum atomic E-state index is -0.510. The zero-order chi connectivity index (χ0) is 26.6. The number of halogens is 1. The van der Waals surface area contributed by atoms with Crippen molar-refractivity contribution >= 4 is 28.1 Å². The van der Waals surface area contributed by atoms with Gasteiger partial charge >= 0.3 is 5.69 Å². The van der Waals surface area contributed by atoms with Gasteiger partial charge in [0.1, 0.15) is 17.0 Å². The number of benzene rings is 2. The first-order chi connectivity index (χ1) is 17.6. The first-order valence-corrected chi connectivity index (χ1v) is 12.4. The van der Waals surface area contributed by atoms with Crippen LogP contribution in [0.5, 0.6) is 0 Å². The maximum Gasteiger partial charge on any atom is 0.336 e. The van der Waals surface area contributed by atoms with Crippen LogP contribution in [0, 0.1) is 19.7 Å². The fourth-order valence-electron chi connectivity index (χ4n) is 4.77. The molecule has 2 N–H and O–H groups in total. The highest BCUT2D eigenvalue weighted by molar-refractivity contribution is 5.93. The van der Waals surface area contributed by atoms with Crippen molar-refractivity contribution in [2.24, 2.45) is 7.05 Å². The van der Waals surface area contributed by atoms with Crippen LogP contribution in [0.25, 0.3) is 16.6 Å². The Bertz CT molecular complexity index is 1730. The molecule has 192 valence electrons. The normalized spacial score (nSPS) is 13.4. The predicted molar refractivity (Wildman–Crippen MR) is 145 cm³/mol.